The predicted molar refractivity (Wildman–Crippen MR) is 152 cm³/mol. The maximum atomic E-state index is 9.90. The van der Waals surface area contributed by atoms with Crippen LogP contribution in [0.2, 0.25) is 0 Å². The number of anilines is 2. The van der Waals surface area contributed by atoms with Crippen molar-refractivity contribution in [2.45, 2.75) is 45.4 Å². The smallest absolute Gasteiger partial charge is 0.328 e. The van der Waals surface area contributed by atoms with E-state index < -0.39 is 24.1 Å². The summed E-state index contributed by atoms with van der Waals surface area (Å²) in [6, 6.07) is 13.5. The molecule has 3 heterocycles. The Bertz CT molecular complexity index is 1450. The van der Waals surface area contributed by atoms with Crippen molar-refractivity contribution >= 4 is 29.5 Å². The van der Waals surface area contributed by atoms with E-state index in [1.165, 1.54) is 0 Å². The van der Waals surface area contributed by atoms with Crippen LogP contribution in [0.5, 0.6) is 0 Å². The number of aromatic nitrogens is 5. The number of aliphatic hydroxyl groups excluding tert-OH is 2. The highest BCUT2D eigenvalue weighted by Crippen LogP contribution is 2.23. The number of nitrogens with one attached hydrogen (secondary N) is 2. The first-order valence-electron chi connectivity index (χ1n) is 12.8. The Hall–Kier alpha value is -4.88. The molecule has 0 saturated carbocycles. The van der Waals surface area contributed by atoms with Crippen molar-refractivity contribution in [1.29, 1.82) is 0 Å². The molecular formula is C28H33N7O6. The zero-order valence-electron chi connectivity index (χ0n) is 22.8. The average Bonchev–Trinajstić information content (AvgIpc) is 3.39. The predicted octanol–water partition coefficient (Wildman–Crippen LogP) is 2.79. The second kappa shape index (κ2) is 14.5. The lowest BCUT2D eigenvalue weighted by Gasteiger charge is -2.19. The first-order valence-corrected chi connectivity index (χ1v) is 12.8. The number of benzene rings is 1. The van der Waals surface area contributed by atoms with Gasteiger partial charge in [0.25, 0.3) is 0 Å². The normalized spacial score (nSPS) is 12.5. The van der Waals surface area contributed by atoms with Crippen molar-refractivity contribution in [1.82, 2.24) is 24.6 Å². The molecule has 3 aromatic heterocycles. The summed E-state index contributed by atoms with van der Waals surface area (Å²) in [7, 11) is 0. The largest absolute Gasteiger partial charge is 0.478 e. The summed E-state index contributed by atoms with van der Waals surface area (Å²) in [6.45, 7) is 6.06. The number of hydrogen-bond donors (Lipinski definition) is 6. The molecule has 41 heavy (non-hydrogen) atoms. The molecular weight excluding hydrogens is 530 g/mol. The molecule has 0 amide bonds. The molecule has 13 nitrogen and oxygen atoms in total. The highest BCUT2D eigenvalue weighted by atomic mass is 16.4. The van der Waals surface area contributed by atoms with Crippen LogP contribution in [0.15, 0.2) is 67.0 Å². The lowest BCUT2D eigenvalue weighted by Crippen LogP contribution is -2.35. The summed E-state index contributed by atoms with van der Waals surface area (Å²) in [5, 5.41) is 46.0. The van der Waals surface area contributed by atoms with E-state index in [-0.39, 0.29) is 12.5 Å². The summed E-state index contributed by atoms with van der Waals surface area (Å²) in [4.78, 5) is 32.7. The number of nitrogens with zero attached hydrogens (tertiary/aromatic N) is 5. The first-order chi connectivity index (χ1) is 19.6. The fourth-order valence-electron chi connectivity index (χ4n) is 3.62. The third-order valence-electron chi connectivity index (χ3n) is 5.84. The molecule has 0 aliphatic rings. The summed E-state index contributed by atoms with van der Waals surface area (Å²) >= 11 is 0. The van der Waals surface area contributed by atoms with Crippen molar-refractivity contribution < 1.29 is 30.0 Å². The van der Waals surface area contributed by atoms with Crippen LogP contribution in [-0.2, 0) is 16.1 Å². The number of pyridine rings is 1. The highest BCUT2D eigenvalue weighted by molar-refractivity contribution is 5.89. The third-order valence-corrected chi connectivity index (χ3v) is 5.84. The SMILES string of the molecule is CC(C)c1cnn2c(NCc3ccc(-c4ccccn4)cc3)nc(NC(CO)C(C)O)nc12.O=C(O)/C=C/C(=O)O. The van der Waals surface area contributed by atoms with Gasteiger partial charge in [0.1, 0.15) is 0 Å². The van der Waals surface area contributed by atoms with Crippen LogP contribution in [0.3, 0.4) is 0 Å². The minimum Gasteiger partial charge on any atom is -0.478 e. The van der Waals surface area contributed by atoms with Gasteiger partial charge >= 0.3 is 11.9 Å². The van der Waals surface area contributed by atoms with Crippen LogP contribution in [0, 0.1) is 0 Å². The number of carbonyl (C=O) groups is 2. The van der Waals surface area contributed by atoms with Crippen molar-refractivity contribution in [2.75, 3.05) is 17.2 Å². The van der Waals surface area contributed by atoms with Gasteiger partial charge in [-0.25, -0.2) is 9.59 Å². The summed E-state index contributed by atoms with van der Waals surface area (Å²) in [5.41, 5.74) is 4.72. The molecule has 0 bridgehead atoms. The number of aliphatic carboxylic acids is 2. The molecule has 4 aromatic rings. The number of fused-ring (bicyclic) bond motifs is 1. The van der Waals surface area contributed by atoms with Crippen LogP contribution >= 0.6 is 0 Å². The molecule has 0 fully saturated rings. The van der Waals surface area contributed by atoms with Crippen LogP contribution in [-0.4, -0.2) is 75.7 Å². The van der Waals surface area contributed by atoms with Crippen molar-refractivity contribution in [3.63, 3.8) is 0 Å². The zero-order chi connectivity index (χ0) is 29.9. The Morgan fingerprint density at radius 1 is 1.00 bits per heavy atom. The van der Waals surface area contributed by atoms with Gasteiger partial charge in [-0.15, -0.1) is 0 Å². The van der Waals surface area contributed by atoms with E-state index in [4.69, 9.17) is 10.2 Å². The van der Waals surface area contributed by atoms with E-state index in [1.54, 1.807) is 23.8 Å². The molecule has 0 aliphatic heterocycles. The Morgan fingerprint density at radius 2 is 1.68 bits per heavy atom. The lowest BCUT2D eigenvalue weighted by molar-refractivity contribution is -0.134. The monoisotopic (exact) mass is 563 g/mol. The topological polar surface area (TPSA) is 195 Å². The number of hydrogen-bond acceptors (Lipinski definition) is 10. The summed E-state index contributed by atoms with van der Waals surface area (Å²) in [5.74, 6) is -1.45. The molecule has 2 atom stereocenters. The van der Waals surface area contributed by atoms with Crippen LogP contribution < -0.4 is 10.6 Å². The Morgan fingerprint density at radius 3 is 2.22 bits per heavy atom. The van der Waals surface area contributed by atoms with Crippen molar-refractivity contribution in [2.24, 2.45) is 0 Å². The molecule has 0 radical (unpaired) electrons. The minimum absolute atomic E-state index is 0.225. The van der Waals surface area contributed by atoms with E-state index >= 15 is 0 Å². The van der Waals surface area contributed by atoms with Gasteiger partial charge in [0.2, 0.25) is 11.9 Å². The third kappa shape index (κ3) is 8.81. The molecule has 216 valence electrons. The summed E-state index contributed by atoms with van der Waals surface area (Å²) < 4.78 is 1.68. The Labute approximate surface area is 236 Å². The van der Waals surface area contributed by atoms with Gasteiger partial charge in [-0.3, -0.25) is 4.98 Å². The van der Waals surface area contributed by atoms with E-state index in [0.29, 0.717) is 36.2 Å². The van der Waals surface area contributed by atoms with Gasteiger partial charge in [0.15, 0.2) is 5.65 Å². The van der Waals surface area contributed by atoms with Gasteiger partial charge < -0.3 is 31.1 Å². The van der Waals surface area contributed by atoms with Crippen LogP contribution in [0.25, 0.3) is 16.9 Å². The molecule has 6 N–H and O–H groups in total. The molecule has 0 saturated heterocycles. The van der Waals surface area contributed by atoms with Gasteiger partial charge in [-0.05, 0) is 30.5 Å². The van der Waals surface area contributed by atoms with Crippen molar-refractivity contribution in [3.8, 4) is 11.3 Å². The summed E-state index contributed by atoms with van der Waals surface area (Å²) in [6.07, 6.45) is 3.93. The highest BCUT2D eigenvalue weighted by Gasteiger charge is 2.19. The fraction of sp³-hybridized carbons (Fsp3) is 0.286. The average molecular weight is 564 g/mol. The van der Waals surface area contributed by atoms with Gasteiger partial charge in [-0.2, -0.15) is 19.6 Å². The maximum absolute atomic E-state index is 9.90. The number of rotatable bonds is 11. The molecule has 0 spiro atoms. The Balaban J connectivity index is 0.000000507. The first kappa shape index (κ1) is 30.7. The molecule has 0 aliphatic carbocycles. The van der Waals surface area contributed by atoms with Gasteiger partial charge in [0.05, 0.1) is 30.6 Å². The zero-order valence-corrected chi connectivity index (χ0v) is 22.8. The fourth-order valence-corrected chi connectivity index (χ4v) is 3.62. The standard InChI is InChI=1S/C24H29N7O2.C4H4O4/c1-15(2)19-13-27-31-22(19)29-23(28-21(14-32)16(3)33)30-24(31)26-12-17-7-9-18(10-8-17)20-6-4-5-11-25-20;5-3(6)1-2-4(7)8/h4-11,13,15-16,21,32-33H,12,14H2,1-3H3,(H2,26,28,29,30);1-2H,(H,5,6)(H,7,8)/b;2-1+. The van der Waals surface area contributed by atoms with E-state index in [9.17, 15) is 19.8 Å². The van der Waals surface area contributed by atoms with Gasteiger partial charge in [0, 0.05) is 36.0 Å². The van der Waals surface area contributed by atoms with Crippen LogP contribution in [0.1, 0.15) is 37.8 Å². The molecule has 1 aromatic carbocycles. The number of carboxylic acid groups (broad SMARTS) is 2. The number of aliphatic hydroxyl groups is 2. The van der Waals surface area contributed by atoms with Gasteiger partial charge in [-0.1, -0.05) is 44.2 Å². The molecule has 4 rings (SSSR count). The Kier molecular flexibility index (Phi) is 10.8. The van der Waals surface area contributed by atoms with Crippen LogP contribution in [0.4, 0.5) is 11.9 Å². The van der Waals surface area contributed by atoms with E-state index in [1.807, 2.05) is 42.5 Å². The second-order valence-electron chi connectivity index (χ2n) is 9.31. The minimum atomic E-state index is -1.26. The maximum Gasteiger partial charge on any atom is 0.328 e. The second-order valence-corrected chi connectivity index (χ2v) is 9.31. The van der Waals surface area contributed by atoms with E-state index in [2.05, 4.69) is 44.5 Å². The number of carboxylic acids is 2. The molecule has 2 unspecified atom stereocenters. The molecule has 13 heteroatoms. The lowest BCUT2D eigenvalue weighted by atomic mass is 10.1. The van der Waals surface area contributed by atoms with E-state index in [0.717, 1.165) is 22.4 Å². The van der Waals surface area contributed by atoms with Crippen molar-refractivity contribution in [3.05, 3.63) is 78.1 Å². The quantitative estimate of drug-likeness (QED) is 0.146.